The van der Waals surface area contributed by atoms with Gasteiger partial charge in [-0.2, -0.15) is 0 Å². The molecule has 1 aliphatic carbocycles. The highest BCUT2D eigenvalue weighted by atomic mass is 16.5. The topological polar surface area (TPSA) is 86.5 Å². The van der Waals surface area contributed by atoms with Gasteiger partial charge in [0.15, 0.2) is 0 Å². The number of ether oxygens (including phenoxy) is 1. The zero-order valence-electron chi connectivity index (χ0n) is 12.2. The van der Waals surface area contributed by atoms with Crippen LogP contribution in [0.25, 0.3) is 0 Å². The monoisotopic (exact) mass is 289 g/mol. The van der Waals surface area contributed by atoms with Gasteiger partial charge in [0.25, 0.3) is 0 Å². The van der Waals surface area contributed by atoms with Crippen molar-refractivity contribution in [2.75, 3.05) is 0 Å². The third kappa shape index (κ3) is 3.48. The van der Waals surface area contributed by atoms with Gasteiger partial charge in [0.2, 0.25) is 5.91 Å². The summed E-state index contributed by atoms with van der Waals surface area (Å²) in [6.07, 6.45) is 1.36. The first-order chi connectivity index (χ1) is 9.88. The third-order valence-electron chi connectivity index (χ3n) is 3.96. The molecule has 5 heteroatoms. The maximum absolute atomic E-state index is 12.3. The quantitative estimate of drug-likeness (QED) is 0.681. The zero-order valence-corrected chi connectivity index (χ0v) is 12.2. The average molecular weight is 289 g/mol. The summed E-state index contributed by atoms with van der Waals surface area (Å²) in [5.74, 6) is -0.666. The Morgan fingerprint density at radius 3 is 2.67 bits per heavy atom. The second-order valence-corrected chi connectivity index (χ2v) is 5.63. The Hall–Kier alpha value is -2.17. The van der Waals surface area contributed by atoms with E-state index >= 15 is 0 Å². The predicted molar refractivity (Wildman–Crippen MR) is 76.8 cm³/mol. The molecule has 0 bridgehead atoms. The lowest BCUT2D eigenvalue weighted by Gasteiger charge is -2.26. The number of nitrogens with two attached hydrogens (primary N) is 1. The molecule has 112 valence electrons. The van der Waals surface area contributed by atoms with Gasteiger partial charge < -0.3 is 10.5 Å². The molecule has 0 radical (unpaired) electrons. The summed E-state index contributed by atoms with van der Waals surface area (Å²) in [7, 11) is 0. The Balaban J connectivity index is 2.14. The highest BCUT2D eigenvalue weighted by Gasteiger charge is 2.33. The molecule has 0 aromatic heterocycles. The first-order valence-electron chi connectivity index (χ1n) is 7.02. The van der Waals surface area contributed by atoms with Crippen molar-refractivity contribution >= 4 is 17.7 Å². The molecule has 1 fully saturated rings. The molecule has 1 saturated carbocycles. The van der Waals surface area contributed by atoms with Crippen LogP contribution in [-0.2, 0) is 9.59 Å². The SMILES string of the molecule is Cc1ccc(C(N)=O)cc1OC(=O)[C@@H]1CCC(=O)C[C@H]1C. The van der Waals surface area contributed by atoms with Gasteiger partial charge in [-0.3, -0.25) is 14.4 Å². The van der Waals surface area contributed by atoms with E-state index < -0.39 is 5.91 Å². The molecule has 0 saturated heterocycles. The van der Waals surface area contributed by atoms with Gasteiger partial charge in [0, 0.05) is 18.4 Å². The molecule has 0 heterocycles. The van der Waals surface area contributed by atoms with E-state index in [9.17, 15) is 14.4 Å². The highest BCUT2D eigenvalue weighted by Crippen LogP contribution is 2.30. The standard InChI is InChI=1S/C16H19NO4/c1-9-3-4-11(15(17)19)8-14(9)21-16(20)13-6-5-12(18)7-10(13)2/h3-4,8,10,13H,5-7H2,1-2H3,(H2,17,19)/t10-,13-/m1/s1. The fraction of sp³-hybridized carbons (Fsp3) is 0.438. The number of carbonyl (C=O) groups excluding carboxylic acids is 3. The largest absolute Gasteiger partial charge is 0.426 e. The van der Waals surface area contributed by atoms with Crippen LogP contribution >= 0.6 is 0 Å². The van der Waals surface area contributed by atoms with Crippen molar-refractivity contribution in [1.82, 2.24) is 0 Å². The molecule has 0 aliphatic heterocycles. The Morgan fingerprint density at radius 1 is 1.33 bits per heavy atom. The zero-order chi connectivity index (χ0) is 15.6. The van der Waals surface area contributed by atoms with E-state index in [0.717, 1.165) is 5.56 Å². The number of Topliss-reactive ketones (excluding diaryl/α,β-unsaturated/α-hetero) is 1. The van der Waals surface area contributed by atoms with Crippen molar-refractivity contribution in [2.45, 2.75) is 33.1 Å². The Labute approximate surface area is 123 Å². The summed E-state index contributed by atoms with van der Waals surface area (Å²) < 4.78 is 5.42. The van der Waals surface area contributed by atoms with Crippen LogP contribution in [0.5, 0.6) is 5.75 Å². The Kier molecular flexibility index (Phi) is 4.40. The molecular weight excluding hydrogens is 270 g/mol. The Bertz CT molecular complexity index is 594. The van der Waals surface area contributed by atoms with Crippen LogP contribution in [0.2, 0.25) is 0 Å². The number of hydrogen-bond donors (Lipinski definition) is 1. The molecule has 0 unspecified atom stereocenters. The van der Waals surface area contributed by atoms with E-state index in [1.165, 1.54) is 6.07 Å². The van der Waals surface area contributed by atoms with Crippen LogP contribution < -0.4 is 10.5 Å². The van der Waals surface area contributed by atoms with Crippen LogP contribution in [0.1, 0.15) is 42.1 Å². The molecular formula is C16H19NO4. The number of amides is 1. The summed E-state index contributed by atoms with van der Waals surface area (Å²) >= 11 is 0. The summed E-state index contributed by atoms with van der Waals surface area (Å²) in [5, 5.41) is 0. The summed E-state index contributed by atoms with van der Waals surface area (Å²) in [6.45, 7) is 3.68. The van der Waals surface area contributed by atoms with E-state index in [2.05, 4.69) is 0 Å². The van der Waals surface area contributed by atoms with Crippen molar-refractivity contribution < 1.29 is 19.1 Å². The minimum atomic E-state index is -0.566. The average Bonchev–Trinajstić information content (AvgIpc) is 2.40. The smallest absolute Gasteiger partial charge is 0.314 e. The molecule has 21 heavy (non-hydrogen) atoms. The van der Waals surface area contributed by atoms with Crippen molar-refractivity contribution in [2.24, 2.45) is 17.6 Å². The van der Waals surface area contributed by atoms with Gasteiger partial charge >= 0.3 is 5.97 Å². The van der Waals surface area contributed by atoms with Crippen LogP contribution in [0.3, 0.4) is 0 Å². The van der Waals surface area contributed by atoms with Gasteiger partial charge in [-0.15, -0.1) is 0 Å². The van der Waals surface area contributed by atoms with Gasteiger partial charge in [-0.25, -0.2) is 0 Å². The second-order valence-electron chi connectivity index (χ2n) is 5.63. The molecule has 1 amide bonds. The highest BCUT2D eigenvalue weighted by molar-refractivity contribution is 5.93. The number of ketones is 1. The maximum atomic E-state index is 12.3. The first kappa shape index (κ1) is 15.2. The van der Waals surface area contributed by atoms with Gasteiger partial charge in [-0.1, -0.05) is 13.0 Å². The van der Waals surface area contributed by atoms with Crippen molar-refractivity contribution in [3.63, 3.8) is 0 Å². The first-order valence-corrected chi connectivity index (χ1v) is 7.02. The number of primary amides is 1. The minimum Gasteiger partial charge on any atom is -0.426 e. The number of rotatable bonds is 3. The van der Waals surface area contributed by atoms with E-state index in [1.807, 2.05) is 6.92 Å². The molecule has 1 aromatic carbocycles. The lowest BCUT2D eigenvalue weighted by Crippen LogP contribution is -2.32. The van der Waals surface area contributed by atoms with Crippen LogP contribution in [0.15, 0.2) is 18.2 Å². The van der Waals surface area contributed by atoms with Gasteiger partial charge in [-0.05, 0) is 37.0 Å². The molecule has 1 aliphatic rings. The van der Waals surface area contributed by atoms with E-state index in [4.69, 9.17) is 10.5 Å². The van der Waals surface area contributed by atoms with E-state index in [-0.39, 0.29) is 23.6 Å². The number of hydrogen-bond acceptors (Lipinski definition) is 4. The molecule has 1 aromatic rings. The third-order valence-corrected chi connectivity index (χ3v) is 3.96. The van der Waals surface area contributed by atoms with Crippen LogP contribution in [0, 0.1) is 18.8 Å². The number of benzene rings is 1. The summed E-state index contributed by atoms with van der Waals surface area (Å²) in [4.78, 5) is 34.8. The predicted octanol–water partition coefficient (Wildman–Crippen LogP) is 2.00. The minimum absolute atomic E-state index is 0.0154. The number of carbonyl (C=O) groups is 3. The van der Waals surface area contributed by atoms with Gasteiger partial charge in [0.05, 0.1) is 5.92 Å². The van der Waals surface area contributed by atoms with Crippen LogP contribution in [-0.4, -0.2) is 17.7 Å². The molecule has 2 atom stereocenters. The number of esters is 1. The van der Waals surface area contributed by atoms with Gasteiger partial charge in [0.1, 0.15) is 11.5 Å². The summed E-state index contributed by atoms with van der Waals surface area (Å²) in [6, 6.07) is 4.77. The number of aryl methyl sites for hydroxylation is 1. The van der Waals surface area contributed by atoms with Crippen molar-refractivity contribution in [3.05, 3.63) is 29.3 Å². The van der Waals surface area contributed by atoms with Crippen molar-refractivity contribution in [3.8, 4) is 5.75 Å². The molecule has 5 nitrogen and oxygen atoms in total. The fourth-order valence-electron chi connectivity index (χ4n) is 2.60. The molecule has 0 spiro atoms. The maximum Gasteiger partial charge on any atom is 0.314 e. The van der Waals surface area contributed by atoms with E-state index in [0.29, 0.717) is 30.6 Å². The normalized spacial score (nSPS) is 21.9. The lowest BCUT2D eigenvalue weighted by molar-refractivity contribution is -0.143. The van der Waals surface area contributed by atoms with E-state index in [1.54, 1.807) is 19.1 Å². The van der Waals surface area contributed by atoms with Crippen LogP contribution in [0.4, 0.5) is 0 Å². The molecule has 2 rings (SSSR count). The Morgan fingerprint density at radius 2 is 2.05 bits per heavy atom. The lowest BCUT2D eigenvalue weighted by atomic mass is 9.80. The molecule has 2 N–H and O–H groups in total. The summed E-state index contributed by atoms with van der Waals surface area (Å²) in [5.41, 5.74) is 6.29. The fourth-order valence-corrected chi connectivity index (χ4v) is 2.60. The second kappa shape index (κ2) is 6.08. The van der Waals surface area contributed by atoms with Crippen molar-refractivity contribution in [1.29, 1.82) is 0 Å².